The third-order valence-electron chi connectivity index (χ3n) is 1.34. The highest BCUT2D eigenvalue weighted by atomic mass is 35.5. The second kappa shape index (κ2) is 6.89. The Morgan fingerprint density at radius 1 is 1.43 bits per heavy atom. The number of halogens is 2. The summed E-state index contributed by atoms with van der Waals surface area (Å²) >= 11 is 10.8. The molecule has 2 heterocycles. The topological polar surface area (TPSA) is 59.9 Å². The van der Waals surface area contributed by atoms with Crippen LogP contribution in [0, 0.1) is 0 Å². The van der Waals surface area contributed by atoms with E-state index in [1.807, 2.05) is 0 Å². The van der Waals surface area contributed by atoms with Crippen LogP contribution in [0.2, 0.25) is 5.28 Å². The lowest BCUT2D eigenvalue weighted by atomic mass is 10.5. The number of nitrogens with zero attached hydrogens (tertiary/aromatic N) is 3. The second-order valence-electron chi connectivity index (χ2n) is 2.39. The van der Waals surface area contributed by atoms with E-state index in [0.29, 0.717) is 0 Å². The fourth-order valence-corrected chi connectivity index (χ4v) is 1.04. The number of ether oxygens (including phenoxy) is 1. The first-order chi connectivity index (χ1) is 6.79. The van der Waals surface area contributed by atoms with Crippen LogP contribution in [0.5, 0.6) is 0 Å². The molecule has 7 heteroatoms. The van der Waals surface area contributed by atoms with Gasteiger partial charge in [-0.2, -0.15) is 0 Å². The molecular weight excluding hydrogens is 227 g/mol. The molecule has 14 heavy (non-hydrogen) atoms. The Morgan fingerprint density at radius 3 is 2.43 bits per heavy atom. The van der Waals surface area contributed by atoms with E-state index in [1.54, 1.807) is 0 Å². The molecule has 0 bridgehead atoms. The molecule has 1 unspecified atom stereocenters. The number of hydrogen-bond donors (Lipinski definition) is 1. The summed E-state index contributed by atoms with van der Waals surface area (Å²) in [5.41, 5.74) is -0.103. The zero-order valence-corrected chi connectivity index (χ0v) is 8.87. The van der Waals surface area contributed by atoms with Gasteiger partial charge >= 0.3 is 0 Å². The highest BCUT2D eigenvalue weighted by Gasteiger charge is 2.07. The van der Waals surface area contributed by atoms with Crippen molar-refractivity contribution in [2.24, 2.45) is 0 Å². The summed E-state index contributed by atoms with van der Waals surface area (Å²) in [7, 11) is 0. The SMILES string of the molecule is ClC1CNCCO1.Clc1ncncn1. The zero-order valence-electron chi connectivity index (χ0n) is 7.36. The van der Waals surface area contributed by atoms with Crippen LogP contribution in [0.1, 0.15) is 0 Å². The summed E-state index contributed by atoms with van der Waals surface area (Å²) in [6.07, 6.45) is 2.69. The summed E-state index contributed by atoms with van der Waals surface area (Å²) in [5.74, 6) is 0. The normalized spacial score (nSPS) is 20.9. The molecule has 0 radical (unpaired) electrons. The third-order valence-corrected chi connectivity index (χ3v) is 1.82. The molecule has 1 aliphatic rings. The van der Waals surface area contributed by atoms with E-state index in [0.717, 1.165) is 19.7 Å². The van der Waals surface area contributed by atoms with E-state index in [9.17, 15) is 0 Å². The molecule has 1 saturated heterocycles. The molecule has 0 spiro atoms. The average Bonchev–Trinajstić information content (AvgIpc) is 2.21. The molecule has 78 valence electrons. The zero-order chi connectivity index (χ0) is 10.2. The van der Waals surface area contributed by atoms with Gasteiger partial charge in [0, 0.05) is 13.1 Å². The largest absolute Gasteiger partial charge is 0.360 e. The summed E-state index contributed by atoms with van der Waals surface area (Å²) in [5, 5.41) is 3.31. The second-order valence-corrected chi connectivity index (χ2v) is 3.22. The van der Waals surface area contributed by atoms with E-state index in [-0.39, 0.29) is 10.8 Å². The van der Waals surface area contributed by atoms with Gasteiger partial charge in [0.2, 0.25) is 5.28 Å². The number of nitrogens with one attached hydrogen (secondary N) is 1. The minimum absolute atomic E-state index is 0.103. The van der Waals surface area contributed by atoms with Gasteiger partial charge in [0.1, 0.15) is 18.2 Å². The predicted molar refractivity (Wildman–Crippen MR) is 53.3 cm³/mol. The monoisotopic (exact) mass is 236 g/mol. The molecule has 1 N–H and O–H groups in total. The quantitative estimate of drug-likeness (QED) is 0.673. The summed E-state index contributed by atoms with van der Waals surface area (Å²) in [6, 6.07) is 0. The predicted octanol–water partition coefficient (Wildman–Crippen LogP) is 0.696. The van der Waals surface area contributed by atoms with Gasteiger partial charge in [0.15, 0.2) is 0 Å². The molecule has 0 amide bonds. The lowest BCUT2D eigenvalue weighted by molar-refractivity contribution is 0.0804. The fourth-order valence-electron chi connectivity index (χ4n) is 0.759. The van der Waals surface area contributed by atoms with Crippen LogP contribution < -0.4 is 5.32 Å². The van der Waals surface area contributed by atoms with E-state index < -0.39 is 0 Å². The van der Waals surface area contributed by atoms with Crippen LogP contribution in [0.3, 0.4) is 0 Å². The highest BCUT2D eigenvalue weighted by molar-refractivity contribution is 6.28. The minimum Gasteiger partial charge on any atom is -0.360 e. The first-order valence-corrected chi connectivity index (χ1v) is 4.84. The number of aromatic nitrogens is 3. The van der Waals surface area contributed by atoms with Crippen molar-refractivity contribution in [3.05, 3.63) is 17.9 Å². The molecular formula is C7H10Cl2N4O. The first kappa shape index (κ1) is 11.6. The van der Waals surface area contributed by atoms with Gasteiger partial charge in [-0.25, -0.2) is 15.0 Å². The van der Waals surface area contributed by atoms with Crippen molar-refractivity contribution in [2.75, 3.05) is 19.7 Å². The lowest BCUT2D eigenvalue weighted by Gasteiger charge is -2.17. The van der Waals surface area contributed by atoms with Crippen molar-refractivity contribution in [3.8, 4) is 0 Å². The van der Waals surface area contributed by atoms with Crippen LogP contribution in [-0.2, 0) is 4.74 Å². The van der Waals surface area contributed by atoms with E-state index in [2.05, 4.69) is 20.3 Å². The van der Waals surface area contributed by atoms with Gasteiger partial charge < -0.3 is 10.1 Å². The molecule has 0 aromatic carbocycles. The van der Waals surface area contributed by atoms with Crippen molar-refractivity contribution in [2.45, 2.75) is 5.56 Å². The van der Waals surface area contributed by atoms with Gasteiger partial charge in [-0.05, 0) is 11.6 Å². The Bertz CT molecular complexity index is 243. The van der Waals surface area contributed by atoms with Crippen LogP contribution in [0.4, 0.5) is 0 Å². The van der Waals surface area contributed by atoms with Gasteiger partial charge in [-0.15, -0.1) is 0 Å². The van der Waals surface area contributed by atoms with E-state index >= 15 is 0 Å². The Kier molecular flexibility index (Phi) is 5.70. The number of rotatable bonds is 0. The van der Waals surface area contributed by atoms with Crippen LogP contribution >= 0.6 is 23.2 Å². The number of hydrogen-bond acceptors (Lipinski definition) is 5. The molecule has 5 nitrogen and oxygen atoms in total. The van der Waals surface area contributed by atoms with Crippen molar-refractivity contribution >= 4 is 23.2 Å². The van der Waals surface area contributed by atoms with Crippen molar-refractivity contribution < 1.29 is 4.74 Å². The van der Waals surface area contributed by atoms with Gasteiger partial charge in [0.05, 0.1) is 6.61 Å². The Morgan fingerprint density at radius 2 is 2.14 bits per heavy atom. The van der Waals surface area contributed by atoms with Crippen molar-refractivity contribution in [1.29, 1.82) is 0 Å². The van der Waals surface area contributed by atoms with Gasteiger partial charge in [-0.3, -0.25) is 0 Å². The molecule has 0 aliphatic carbocycles. The Labute approximate surface area is 91.8 Å². The standard InChI is InChI=1S/C4H8ClNO.C3H2ClN3/c5-4-3-6-1-2-7-4;4-3-6-1-5-2-7-3/h4,6H,1-3H2;1-2H. The van der Waals surface area contributed by atoms with E-state index in [4.69, 9.17) is 27.9 Å². The molecule has 2 rings (SSSR count). The Hall–Kier alpha value is -0.490. The summed E-state index contributed by atoms with van der Waals surface area (Å²) < 4.78 is 4.98. The fraction of sp³-hybridized carbons (Fsp3) is 0.571. The first-order valence-electron chi connectivity index (χ1n) is 4.03. The van der Waals surface area contributed by atoms with Crippen LogP contribution in [0.15, 0.2) is 12.7 Å². The molecule has 1 aromatic rings. The molecule has 0 saturated carbocycles. The third kappa shape index (κ3) is 5.29. The molecule has 1 aromatic heterocycles. The van der Waals surface area contributed by atoms with Gasteiger partial charge in [0.25, 0.3) is 0 Å². The van der Waals surface area contributed by atoms with Crippen molar-refractivity contribution in [1.82, 2.24) is 20.3 Å². The maximum atomic E-state index is 5.53. The Balaban J connectivity index is 0.000000140. The van der Waals surface area contributed by atoms with Gasteiger partial charge in [-0.1, -0.05) is 11.6 Å². The molecule has 1 fully saturated rings. The van der Waals surface area contributed by atoms with Crippen LogP contribution in [-0.4, -0.2) is 40.2 Å². The summed E-state index contributed by atoms with van der Waals surface area (Å²) in [4.78, 5) is 10.6. The van der Waals surface area contributed by atoms with Crippen LogP contribution in [0.25, 0.3) is 0 Å². The number of morpholine rings is 1. The number of alkyl halides is 1. The highest BCUT2D eigenvalue weighted by Crippen LogP contribution is 1.98. The minimum atomic E-state index is -0.103. The maximum absolute atomic E-state index is 5.53. The lowest BCUT2D eigenvalue weighted by Crippen LogP contribution is -2.35. The summed E-state index contributed by atoms with van der Waals surface area (Å²) in [6.45, 7) is 2.46. The molecule has 1 aliphatic heterocycles. The smallest absolute Gasteiger partial charge is 0.225 e. The average molecular weight is 237 g/mol. The molecule has 1 atom stereocenters. The van der Waals surface area contributed by atoms with E-state index in [1.165, 1.54) is 12.7 Å². The van der Waals surface area contributed by atoms with Crippen molar-refractivity contribution in [3.63, 3.8) is 0 Å². The maximum Gasteiger partial charge on any atom is 0.225 e.